The highest BCUT2D eigenvalue weighted by Gasteiger charge is 2.27. The third kappa shape index (κ3) is 5.24. The van der Waals surface area contributed by atoms with Crippen LogP contribution in [-0.2, 0) is 24.3 Å². The molecule has 5 heteroatoms. The molecule has 3 aromatic carbocycles. The summed E-state index contributed by atoms with van der Waals surface area (Å²) in [6.45, 7) is 7.31. The van der Waals surface area contributed by atoms with Gasteiger partial charge >= 0.3 is 0 Å². The first-order valence-electron chi connectivity index (χ1n) is 12.7. The first-order valence-corrected chi connectivity index (χ1v) is 12.7. The van der Waals surface area contributed by atoms with Gasteiger partial charge in [0.05, 0.1) is 17.6 Å². The van der Waals surface area contributed by atoms with E-state index in [1.165, 1.54) is 16.7 Å². The molecule has 1 saturated heterocycles. The second kappa shape index (κ2) is 10.3. The fraction of sp³-hybridized carbons (Fsp3) is 0.333. The smallest absolute Gasteiger partial charge is 0.223 e. The SMILES string of the molecule is CCc1ccc(CNC(=O)C2CCN(c3nc4ccccc4n3Cc3ccc(C)cc3)CC2)cc1. The zero-order chi connectivity index (χ0) is 24.2. The minimum Gasteiger partial charge on any atom is -0.352 e. The van der Waals surface area contributed by atoms with Crippen LogP contribution in [0, 0.1) is 12.8 Å². The second-order valence-corrected chi connectivity index (χ2v) is 9.62. The van der Waals surface area contributed by atoms with Crippen molar-refractivity contribution in [2.45, 2.75) is 46.2 Å². The van der Waals surface area contributed by atoms with Crippen LogP contribution < -0.4 is 10.2 Å². The van der Waals surface area contributed by atoms with Crippen LogP contribution in [0.25, 0.3) is 11.0 Å². The van der Waals surface area contributed by atoms with Gasteiger partial charge in [0.15, 0.2) is 0 Å². The molecule has 0 atom stereocenters. The number of imidazole rings is 1. The van der Waals surface area contributed by atoms with Gasteiger partial charge in [-0.1, -0.05) is 73.2 Å². The lowest BCUT2D eigenvalue weighted by Gasteiger charge is -2.32. The summed E-state index contributed by atoms with van der Waals surface area (Å²) in [5.74, 6) is 1.22. The number of benzene rings is 3. The molecular weight excluding hydrogens is 432 g/mol. The van der Waals surface area contributed by atoms with E-state index < -0.39 is 0 Å². The van der Waals surface area contributed by atoms with E-state index in [4.69, 9.17) is 4.98 Å². The number of nitrogens with one attached hydrogen (secondary N) is 1. The maximum atomic E-state index is 12.9. The second-order valence-electron chi connectivity index (χ2n) is 9.62. The van der Waals surface area contributed by atoms with E-state index in [1.807, 2.05) is 6.07 Å². The van der Waals surface area contributed by atoms with E-state index in [9.17, 15) is 4.79 Å². The van der Waals surface area contributed by atoms with Crippen molar-refractivity contribution in [3.05, 3.63) is 95.1 Å². The summed E-state index contributed by atoms with van der Waals surface area (Å²) in [7, 11) is 0. The number of fused-ring (bicyclic) bond motifs is 1. The molecule has 35 heavy (non-hydrogen) atoms. The van der Waals surface area contributed by atoms with Gasteiger partial charge in [0, 0.05) is 25.6 Å². The molecule has 2 heterocycles. The lowest BCUT2D eigenvalue weighted by Crippen LogP contribution is -2.41. The molecule has 180 valence electrons. The van der Waals surface area contributed by atoms with Crippen molar-refractivity contribution in [1.29, 1.82) is 0 Å². The predicted molar refractivity (Wildman–Crippen MR) is 143 cm³/mol. The molecular formula is C30H34N4O. The van der Waals surface area contributed by atoms with E-state index in [1.54, 1.807) is 0 Å². The van der Waals surface area contributed by atoms with Crippen molar-refractivity contribution in [3.8, 4) is 0 Å². The number of aromatic nitrogens is 2. The Kier molecular flexibility index (Phi) is 6.84. The molecule has 0 bridgehead atoms. The Hall–Kier alpha value is -3.60. The van der Waals surface area contributed by atoms with Crippen LogP contribution in [0.1, 0.15) is 42.0 Å². The van der Waals surface area contributed by atoms with E-state index in [2.05, 4.69) is 95.4 Å². The molecule has 5 rings (SSSR count). The molecule has 1 aromatic heterocycles. The summed E-state index contributed by atoms with van der Waals surface area (Å²) in [4.78, 5) is 20.2. The van der Waals surface area contributed by atoms with Crippen LogP contribution in [0.4, 0.5) is 5.95 Å². The highest BCUT2D eigenvalue weighted by atomic mass is 16.1. The summed E-state index contributed by atoms with van der Waals surface area (Å²) < 4.78 is 2.32. The van der Waals surface area contributed by atoms with E-state index >= 15 is 0 Å². The lowest BCUT2D eigenvalue weighted by molar-refractivity contribution is -0.125. The van der Waals surface area contributed by atoms with Crippen LogP contribution in [0.2, 0.25) is 0 Å². The highest BCUT2D eigenvalue weighted by Crippen LogP contribution is 2.28. The number of anilines is 1. The zero-order valence-electron chi connectivity index (χ0n) is 20.7. The molecule has 5 nitrogen and oxygen atoms in total. The minimum absolute atomic E-state index is 0.0519. The Balaban J connectivity index is 1.25. The Bertz CT molecular complexity index is 1280. The summed E-state index contributed by atoms with van der Waals surface area (Å²) in [6, 6.07) is 25.6. The molecule has 0 saturated carbocycles. The first-order chi connectivity index (χ1) is 17.1. The summed E-state index contributed by atoms with van der Waals surface area (Å²) in [5.41, 5.74) is 7.17. The van der Waals surface area contributed by atoms with Gasteiger partial charge < -0.3 is 14.8 Å². The monoisotopic (exact) mass is 466 g/mol. The average Bonchev–Trinajstić information content (AvgIpc) is 3.27. The lowest BCUT2D eigenvalue weighted by atomic mass is 9.96. The van der Waals surface area contributed by atoms with Crippen LogP contribution in [0.3, 0.4) is 0 Å². The van der Waals surface area contributed by atoms with Crippen LogP contribution >= 0.6 is 0 Å². The molecule has 1 N–H and O–H groups in total. The van der Waals surface area contributed by atoms with Crippen molar-refractivity contribution in [1.82, 2.24) is 14.9 Å². The number of nitrogens with zero attached hydrogens (tertiary/aromatic N) is 3. The molecule has 4 aromatic rings. The Morgan fingerprint density at radius 1 is 0.914 bits per heavy atom. The zero-order valence-corrected chi connectivity index (χ0v) is 20.7. The van der Waals surface area contributed by atoms with Crippen LogP contribution in [-0.4, -0.2) is 28.5 Å². The van der Waals surface area contributed by atoms with E-state index in [0.29, 0.717) is 6.54 Å². The third-order valence-electron chi connectivity index (χ3n) is 7.14. The molecule has 1 amide bonds. The van der Waals surface area contributed by atoms with Gasteiger partial charge in [0.2, 0.25) is 11.9 Å². The normalized spacial score (nSPS) is 14.4. The van der Waals surface area contributed by atoms with E-state index in [-0.39, 0.29) is 11.8 Å². The number of piperidine rings is 1. The van der Waals surface area contributed by atoms with Gasteiger partial charge in [0.25, 0.3) is 0 Å². The van der Waals surface area contributed by atoms with Crippen molar-refractivity contribution in [3.63, 3.8) is 0 Å². The molecule has 1 fully saturated rings. The largest absolute Gasteiger partial charge is 0.352 e. The number of carbonyl (C=O) groups is 1. The van der Waals surface area contributed by atoms with Crippen molar-refractivity contribution < 1.29 is 4.79 Å². The first kappa shape index (κ1) is 23.2. The van der Waals surface area contributed by atoms with Crippen LogP contribution in [0.5, 0.6) is 0 Å². The predicted octanol–water partition coefficient (Wildman–Crippen LogP) is 5.49. The summed E-state index contributed by atoms with van der Waals surface area (Å²) >= 11 is 0. The average molecular weight is 467 g/mol. The number of hydrogen-bond acceptors (Lipinski definition) is 3. The van der Waals surface area contributed by atoms with Gasteiger partial charge in [-0.15, -0.1) is 0 Å². The minimum atomic E-state index is 0.0519. The number of carbonyl (C=O) groups excluding carboxylic acids is 1. The molecule has 0 radical (unpaired) electrons. The highest BCUT2D eigenvalue weighted by molar-refractivity contribution is 5.80. The molecule has 0 unspecified atom stereocenters. The number of aryl methyl sites for hydroxylation is 2. The van der Waals surface area contributed by atoms with E-state index in [0.717, 1.165) is 61.4 Å². The molecule has 1 aliphatic heterocycles. The molecule has 0 spiro atoms. The third-order valence-corrected chi connectivity index (χ3v) is 7.14. The van der Waals surface area contributed by atoms with Gasteiger partial charge in [0.1, 0.15) is 0 Å². The summed E-state index contributed by atoms with van der Waals surface area (Å²) in [5, 5.41) is 3.15. The number of para-hydroxylation sites is 2. The van der Waals surface area contributed by atoms with Crippen molar-refractivity contribution in [2.75, 3.05) is 18.0 Å². The standard InChI is InChI=1S/C30H34N4O/c1-3-23-12-14-24(15-13-23)20-31-29(35)26-16-18-33(19-17-26)30-32-27-6-4-5-7-28(27)34(30)21-25-10-8-22(2)9-11-25/h4-15,26H,3,16-21H2,1-2H3,(H,31,35). The topological polar surface area (TPSA) is 50.2 Å². The Morgan fingerprint density at radius 2 is 1.57 bits per heavy atom. The summed E-state index contributed by atoms with van der Waals surface area (Å²) in [6.07, 6.45) is 2.71. The number of hydrogen-bond donors (Lipinski definition) is 1. The van der Waals surface area contributed by atoms with Gasteiger partial charge in [-0.25, -0.2) is 4.98 Å². The maximum absolute atomic E-state index is 12.9. The maximum Gasteiger partial charge on any atom is 0.223 e. The Morgan fingerprint density at radius 3 is 2.29 bits per heavy atom. The molecule has 1 aliphatic rings. The van der Waals surface area contributed by atoms with Crippen LogP contribution in [0.15, 0.2) is 72.8 Å². The fourth-order valence-electron chi connectivity index (χ4n) is 4.90. The fourth-order valence-corrected chi connectivity index (χ4v) is 4.90. The van der Waals surface area contributed by atoms with Crippen molar-refractivity contribution >= 4 is 22.9 Å². The Labute approximate surface area is 207 Å². The number of amides is 1. The number of rotatable bonds is 7. The van der Waals surface area contributed by atoms with Gasteiger partial charge in [-0.2, -0.15) is 0 Å². The van der Waals surface area contributed by atoms with Gasteiger partial charge in [-0.3, -0.25) is 4.79 Å². The van der Waals surface area contributed by atoms with Gasteiger partial charge in [-0.05, 0) is 55.0 Å². The molecule has 0 aliphatic carbocycles. The van der Waals surface area contributed by atoms with Crippen molar-refractivity contribution in [2.24, 2.45) is 5.92 Å². The quantitative estimate of drug-likeness (QED) is 0.392.